The number of rotatable bonds is 13. The minimum Gasteiger partial charge on any atom is -0.469 e. The van der Waals surface area contributed by atoms with Crippen LogP contribution in [0.4, 0.5) is 0 Å². The summed E-state index contributed by atoms with van der Waals surface area (Å²) in [6.07, 6.45) is 13.7. The van der Waals surface area contributed by atoms with Gasteiger partial charge in [0.2, 0.25) is 0 Å². The highest BCUT2D eigenvalue weighted by molar-refractivity contribution is 5.84. The van der Waals surface area contributed by atoms with Crippen LogP contribution in [-0.4, -0.2) is 18.9 Å². The molecule has 0 radical (unpaired) electrons. The molecule has 0 bridgehead atoms. The Bertz CT molecular complexity index is 590. The first-order valence-electron chi connectivity index (χ1n) is 11.3. The molecule has 3 heteroatoms. The van der Waals surface area contributed by atoms with Crippen LogP contribution in [0.5, 0.6) is 0 Å². The number of hydrogen-bond acceptors (Lipinski definition) is 3. The van der Waals surface area contributed by atoms with E-state index in [2.05, 4.69) is 35.9 Å². The molecule has 0 N–H and O–H groups in total. The maximum absolute atomic E-state index is 12.4. The lowest BCUT2D eigenvalue weighted by Crippen LogP contribution is -2.13. The highest BCUT2D eigenvalue weighted by Crippen LogP contribution is 2.40. The van der Waals surface area contributed by atoms with Crippen LogP contribution in [0, 0.1) is 5.92 Å². The number of hydrogen-bond donors (Lipinski definition) is 0. The molecule has 0 saturated heterocycles. The lowest BCUT2D eigenvalue weighted by molar-refractivity contribution is -0.140. The first-order valence-corrected chi connectivity index (χ1v) is 11.3. The summed E-state index contributed by atoms with van der Waals surface area (Å²) in [4.78, 5) is 23.6. The molecule has 2 rings (SSSR count). The van der Waals surface area contributed by atoms with Crippen molar-refractivity contribution in [1.29, 1.82) is 0 Å². The van der Waals surface area contributed by atoms with Gasteiger partial charge in [0.25, 0.3) is 0 Å². The van der Waals surface area contributed by atoms with Crippen LogP contribution in [0.15, 0.2) is 24.3 Å². The quantitative estimate of drug-likeness (QED) is 0.291. The van der Waals surface area contributed by atoms with Gasteiger partial charge in [-0.1, -0.05) is 69.7 Å². The zero-order chi connectivity index (χ0) is 20.2. The molecule has 3 nitrogen and oxygen atoms in total. The van der Waals surface area contributed by atoms with Crippen molar-refractivity contribution in [2.24, 2.45) is 5.92 Å². The number of Topliss-reactive ketones (excluding diaryl/α,β-unsaturated/α-hetero) is 1. The van der Waals surface area contributed by atoms with Crippen molar-refractivity contribution in [2.45, 2.75) is 96.3 Å². The summed E-state index contributed by atoms with van der Waals surface area (Å²) in [6.45, 7) is 2.25. The van der Waals surface area contributed by atoms with Gasteiger partial charge in [0, 0.05) is 18.8 Å². The highest BCUT2D eigenvalue weighted by atomic mass is 16.5. The fourth-order valence-electron chi connectivity index (χ4n) is 4.45. The summed E-state index contributed by atoms with van der Waals surface area (Å²) in [5.41, 5.74) is 2.77. The molecule has 2 atom stereocenters. The molecule has 0 aromatic heterocycles. The van der Waals surface area contributed by atoms with Gasteiger partial charge >= 0.3 is 5.97 Å². The van der Waals surface area contributed by atoms with E-state index in [1.54, 1.807) is 0 Å². The molecule has 1 fully saturated rings. The van der Waals surface area contributed by atoms with Crippen molar-refractivity contribution in [3.63, 3.8) is 0 Å². The first kappa shape index (κ1) is 22.6. The fourth-order valence-corrected chi connectivity index (χ4v) is 4.45. The minimum absolute atomic E-state index is 0.125. The number of carbonyl (C=O) groups is 2. The number of aryl methyl sites for hydroxylation is 1. The number of unbranched alkanes of at least 4 members (excludes halogenated alkanes) is 6. The normalized spacial score (nSPS) is 19.1. The standard InChI is InChI=1S/C25H38O3/c1-3-4-5-8-11-20-14-16-21(17-15-20)22-18-19-24(26)23(22)12-9-6-7-10-13-25(27)28-2/h14-17,22-23H,3-13,18-19H2,1-2H3. The van der Waals surface area contributed by atoms with Crippen molar-refractivity contribution < 1.29 is 14.3 Å². The third-order valence-electron chi connectivity index (χ3n) is 6.20. The molecule has 1 aliphatic carbocycles. The third-order valence-corrected chi connectivity index (χ3v) is 6.20. The van der Waals surface area contributed by atoms with Gasteiger partial charge in [-0.2, -0.15) is 0 Å². The van der Waals surface area contributed by atoms with Crippen LogP contribution in [0.2, 0.25) is 0 Å². The highest BCUT2D eigenvalue weighted by Gasteiger charge is 2.34. The number of ketones is 1. The van der Waals surface area contributed by atoms with Gasteiger partial charge < -0.3 is 4.74 Å². The molecule has 156 valence electrons. The maximum atomic E-state index is 12.4. The smallest absolute Gasteiger partial charge is 0.305 e. The molecule has 0 aliphatic heterocycles. The third kappa shape index (κ3) is 7.41. The van der Waals surface area contributed by atoms with Gasteiger partial charge in [0.1, 0.15) is 5.78 Å². The Kier molecular flexibility index (Phi) is 10.3. The van der Waals surface area contributed by atoms with E-state index >= 15 is 0 Å². The second-order valence-electron chi connectivity index (χ2n) is 8.30. The molecule has 1 aromatic carbocycles. The summed E-state index contributed by atoms with van der Waals surface area (Å²) in [5.74, 6) is 0.913. The summed E-state index contributed by atoms with van der Waals surface area (Å²) < 4.78 is 4.67. The van der Waals surface area contributed by atoms with E-state index in [0.29, 0.717) is 18.1 Å². The number of methoxy groups -OCH3 is 1. The van der Waals surface area contributed by atoms with E-state index in [4.69, 9.17) is 0 Å². The Balaban J connectivity index is 1.77. The number of ether oxygens (including phenoxy) is 1. The number of carbonyl (C=O) groups excluding carboxylic acids is 2. The summed E-state index contributed by atoms with van der Waals surface area (Å²) >= 11 is 0. The lowest BCUT2D eigenvalue weighted by atomic mass is 9.84. The molecule has 0 spiro atoms. The largest absolute Gasteiger partial charge is 0.469 e. The van der Waals surface area contributed by atoms with Gasteiger partial charge in [-0.15, -0.1) is 0 Å². The average molecular weight is 387 g/mol. The number of benzene rings is 1. The van der Waals surface area contributed by atoms with Crippen molar-refractivity contribution in [3.8, 4) is 0 Å². The molecule has 0 heterocycles. The zero-order valence-electron chi connectivity index (χ0n) is 17.9. The maximum Gasteiger partial charge on any atom is 0.305 e. The van der Waals surface area contributed by atoms with Crippen LogP contribution in [0.25, 0.3) is 0 Å². The molecule has 28 heavy (non-hydrogen) atoms. The van der Waals surface area contributed by atoms with Gasteiger partial charge in [-0.3, -0.25) is 9.59 Å². The number of esters is 1. The van der Waals surface area contributed by atoms with E-state index in [9.17, 15) is 9.59 Å². The Morgan fingerprint density at radius 3 is 2.43 bits per heavy atom. The predicted molar refractivity (Wildman–Crippen MR) is 114 cm³/mol. The van der Waals surface area contributed by atoms with Crippen molar-refractivity contribution >= 4 is 11.8 Å². The Morgan fingerprint density at radius 1 is 1.00 bits per heavy atom. The fraction of sp³-hybridized carbons (Fsp3) is 0.680. The van der Waals surface area contributed by atoms with E-state index in [1.165, 1.54) is 50.3 Å². The molecule has 1 aromatic rings. The molecular weight excluding hydrogens is 348 g/mol. The SMILES string of the molecule is CCCCCCc1ccc(C2CCC(=O)C2CCCCCCC(=O)OC)cc1. The van der Waals surface area contributed by atoms with Crippen LogP contribution in [0.1, 0.15) is 101 Å². The second kappa shape index (κ2) is 12.7. The van der Waals surface area contributed by atoms with Crippen molar-refractivity contribution in [3.05, 3.63) is 35.4 Å². The molecule has 1 aliphatic rings. The minimum atomic E-state index is -0.125. The molecule has 0 amide bonds. The first-order chi connectivity index (χ1) is 13.7. The Morgan fingerprint density at radius 2 is 1.71 bits per heavy atom. The van der Waals surface area contributed by atoms with Crippen molar-refractivity contribution in [2.75, 3.05) is 7.11 Å². The van der Waals surface area contributed by atoms with E-state index in [1.807, 2.05) is 0 Å². The summed E-state index contributed by atoms with van der Waals surface area (Å²) in [5, 5.41) is 0. The van der Waals surface area contributed by atoms with E-state index in [-0.39, 0.29) is 11.9 Å². The van der Waals surface area contributed by atoms with Gasteiger partial charge in [0.15, 0.2) is 0 Å². The Hall–Kier alpha value is -1.64. The topological polar surface area (TPSA) is 43.4 Å². The molecule has 1 saturated carbocycles. The monoisotopic (exact) mass is 386 g/mol. The zero-order valence-corrected chi connectivity index (χ0v) is 17.9. The lowest BCUT2D eigenvalue weighted by Gasteiger charge is -2.19. The van der Waals surface area contributed by atoms with Crippen molar-refractivity contribution in [1.82, 2.24) is 0 Å². The van der Waals surface area contributed by atoms with Gasteiger partial charge in [0.05, 0.1) is 7.11 Å². The van der Waals surface area contributed by atoms with Gasteiger partial charge in [-0.25, -0.2) is 0 Å². The second-order valence-corrected chi connectivity index (χ2v) is 8.30. The predicted octanol–water partition coefficient (Wildman–Crippen LogP) is 6.39. The van der Waals surface area contributed by atoms with Gasteiger partial charge in [-0.05, 0) is 49.1 Å². The van der Waals surface area contributed by atoms with E-state index < -0.39 is 0 Å². The Labute approximate surface area is 171 Å². The summed E-state index contributed by atoms with van der Waals surface area (Å²) in [7, 11) is 1.44. The van der Waals surface area contributed by atoms with E-state index in [0.717, 1.165) is 44.9 Å². The average Bonchev–Trinajstić information content (AvgIpc) is 3.08. The van der Waals surface area contributed by atoms with Crippen LogP contribution < -0.4 is 0 Å². The molecular formula is C25H38O3. The van der Waals surface area contributed by atoms with Crippen LogP contribution in [0.3, 0.4) is 0 Å². The van der Waals surface area contributed by atoms with Crippen LogP contribution >= 0.6 is 0 Å². The molecule has 2 unspecified atom stereocenters. The summed E-state index contributed by atoms with van der Waals surface area (Å²) in [6, 6.07) is 9.07. The van der Waals surface area contributed by atoms with Crippen LogP contribution in [-0.2, 0) is 20.7 Å².